The van der Waals surface area contributed by atoms with E-state index in [4.69, 9.17) is 14.2 Å². The second-order valence-corrected chi connectivity index (χ2v) is 6.05. The molecule has 0 rings (SSSR count). The Morgan fingerprint density at radius 2 is 1.35 bits per heavy atom. The predicted molar refractivity (Wildman–Crippen MR) is 89.4 cm³/mol. The van der Waals surface area contributed by atoms with Crippen molar-refractivity contribution in [2.75, 3.05) is 46.2 Å². The minimum atomic E-state index is 0.0167. The van der Waals surface area contributed by atoms with Crippen molar-refractivity contribution in [2.45, 2.75) is 40.5 Å². The van der Waals surface area contributed by atoms with Gasteiger partial charge in [-0.3, -0.25) is 9.59 Å². The van der Waals surface area contributed by atoms with Crippen LogP contribution in [0.15, 0.2) is 0 Å². The number of nitrogens with one attached hydrogen (secondary N) is 1. The van der Waals surface area contributed by atoms with E-state index in [2.05, 4.69) is 5.32 Å². The Labute approximate surface area is 140 Å². The van der Waals surface area contributed by atoms with Gasteiger partial charge in [0.15, 0.2) is 5.78 Å². The van der Waals surface area contributed by atoms with E-state index in [9.17, 15) is 9.59 Å². The first-order chi connectivity index (χ1) is 10.9. The quantitative estimate of drug-likeness (QED) is 0.463. The summed E-state index contributed by atoms with van der Waals surface area (Å²) in [4.78, 5) is 22.6. The van der Waals surface area contributed by atoms with Crippen LogP contribution in [0.25, 0.3) is 0 Å². The molecule has 0 heterocycles. The number of carbonyl (C=O) groups is 2. The highest BCUT2D eigenvalue weighted by molar-refractivity contribution is 5.81. The molecule has 0 fully saturated rings. The van der Waals surface area contributed by atoms with Gasteiger partial charge in [-0.1, -0.05) is 27.7 Å². The fraction of sp³-hybridized carbons (Fsp3) is 0.882. The van der Waals surface area contributed by atoms with Crippen LogP contribution in [0.2, 0.25) is 0 Å². The molecule has 0 atom stereocenters. The van der Waals surface area contributed by atoms with E-state index in [0.29, 0.717) is 39.6 Å². The van der Waals surface area contributed by atoms with E-state index in [1.165, 1.54) is 0 Å². The van der Waals surface area contributed by atoms with Crippen LogP contribution in [0.5, 0.6) is 0 Å². The molecule has 0 aromatic carbocycles. The third-order valence-corrected chi connectivity index (χ3v) is 3.17. The summed E-state index contributed by atoms with van der Waals surface area (Å²) in [6.45, 7) is 11.0. The van der Waals surface area contributed by atoms with Crippen LogP contribution in [-0.2, 0) is 23.8 Å². The Morgan fingerprint density at radius 1 is 0.783 bits per heavy atom. The van der Waals surface area contributed by atoms with Crippen molar-refractivity contribution < 1.29 is 23.8 Å². The molecule has 0 aliphatic heterocycles. The molecule has 0 bridgehead atoms. The minimum absolute atomic E-state index is 0.0167. The van der Waals surface area contributed by atoms with Gasteiger partial charge in [-0.2, -0.15) is 0 Å². The maximum Gasteiger partial charge on any atom is 0.222 e. The molecule has 1 N–H and O–H groups in total. The second kappa shape index (κ2) is 14.6. The van der Waals surface area contributed by atoms with Crippen LogP contribution in [0.3, 0.4) is 0 Å². The highest BCUT2D eigenvalue weighted by Gasteiger charge is 2.06. The van der Waals surface area contributed by atoms with Crippen molar-refractivity contribution in [1.82, 2.24) is 5.32 Å². The number of unbranched alkanes of at least 4 members (excludes halogenated alkanes) is 1. The monoisotopic (exact) mass is 331 g/mol. The third-order valence-electron chi connectivity index (χ3n) is 3.17. The van der Waals surface area contributed by atoms with Gasteiger partial charge in [-0.15, -0.1) is 0 Å². The number of rotatable bonds is 15. The lowest BCUT2D eigenvalue weighted by Gasteiger charge is -2.08. The van der Waals surface area contributed by atoms with E-state index < -0.39 is 0 Å². The van der Waals surface area contributed by atoms with Gasteiger partial charge in [0.2, 0.25) is 5.91 Å². The summed E-state index contributed by atoms with van der Waals surface area (Å²) >= 11 is 0. The number of carbonyl (C=O) groups excluding carboxylic acids is 2. The summed E-state index contributed by atoms with van der Waals surface area (Å²) < 4.78 is 16.0. The van der Waals surface area contributed by atoms with Crippen molar-refractivity contribution in [3.05, 3.63) is 0 Å². The number of ketones is 1. The van der Waals surface area contributed by atoms with Crippen LogP contribution >= 0.6 is 0 Å². The SMILES string of the molecule is CC(C)C(=O)COCCOCCOCCCCNC(=O)C(C)C. The number of hydrogen-bond acceptors (Lipinski definition) is 5. The first-order valence-electron chi connectivity index (χ1n) is 8.48. The Morgan fingerprint density at radius 3 is 1.91 bits per heavy atom. The summed E-state index contributed by atoms with van der Waals surface area (Å²) in [7, 11) is 0. The van der Waals surface area contributed by atoms with Gasteiger partial charge in [0.25, 0.3) is 0 Å². The van der Waals surface area contributed by atoms with Crippen LogP contribution in [-0.4, -0.2) is 57.9 Å². The number of hydrogen-bond donors (Lipinski definition) is 1. The first-order valence-corrected chi connectivity index (χ1v) is 8.48. The van der Waals surface area contributed by atoms with Crippen LogP contribution < -0.4 is 5.32 Å². The van der Waals surface area contributed by atoms with Gasteiger partial charge in [-0.05, 0) is 12.8 Å². The smallest absolute Gasteiger partial charge is 0.222 e. The zero-order valence-corrected chi connectivity index (χ0v) is 15.1. The average molecular weight is 331 g/mol. The first kappa shape index (κ1) is 22.0. The van der Waals surface area contributed by atoms with Gasteiger partial charge < -0.3 is 19.5 Å². The number of Topliss-reactive ketones (excluding diaryl/α,β-unsaturated/α-hetero) is 1. The molecule has 6 nitrogen and oxygen atoms in total. The summed E-state index contributed by atoms with van der Waals surface area (Å²) in [6.07, 6.45) is 1.83. The molecule has 0 radical (unpaired) electrons. The summed E-state index contributed by atoms with van der Waals surface area (Å²) in [6, 6.07) is 0. The topological polar surface area (TPSA) is 73.9 Å². The van der Waals surface area contributed by atoms with Crippen molar-refractivity contribution in [1.29, 1.82) is 0 Å². The predicted octanol–water partition coefficient (Wildman–Crippen LogP) is 1.81. The zero-order valence-electron chi connectivity index (χ0n) is 15.1. The molecule has 0 aliphatic carbocycles. The highest BCUT2D eigenvalue weighted by atomic mass is 16.5. The third kappa shape index (κ3) is 14.3. The standard InChI is InChI=1S/C17H33NO5/c1-14(2)16(19)13-23-12-11-22-10-9-21-8-6-5-7-18-17(20)15(3)4/h14-15H,5-13H2,1-4H3,(H,18,20). The molecule has 0 aromatic rings. The molecule has 136 valence electrons. The van der Waals surface area contributed by atoms with E-state index in [1.54, 1.807) is 0 Å². The molecular weight excluding hydrogens is 298 g/mol. The molecule has 0 aliphatic rings. The largest absolute Gasteiger partial charge is 0.379 e. The Hall–Kier alpha value is -0.980. The van der Waals surface area contributed by atoms with Crippen LogP contribution in [0.1, 0.15) is 40.5 Å². The van der Waals surface area contributed by atoms with E-state index >= 15 is 0 Å². The van der Waals surface area contributed by atoms with Gasteiger partial charge in [0.05, 0.1) is 26.4 Å². The Kier molecular flexibility index (Phi) is 14.0. The molecule has 23 heavy (non-hydrogen) atoms. The Bertz CT molecular complexity index is 288. The lowest BCUT2D eigenvalue weighted by Crippen LogP contribution is -2.28. The van der Waals surface area contributed by atoms with Crippen molar-refractivity contribution >= 4 is 11.7 Å². The lowest BCUT2D eigenvalue weighted by atomic mass is 10.1. The molecule has 0 aromatic heterocycles. The van der Waals surface area contributed by atoms with E-state index in [1.807, 2.05) is 27.7 Å². The van der Waals surface area contributed by atoms with Gasteiger partial charge in [-0.25, -0.2) is 0 Å². The Balaban J connectivity index is 3.17. The highest BCUT2D eigenvalue weighted by Crippen LogP contribution is 1.95. The molecule has 6 heteroatoms. The van der Waals surface area contributed by atoms with Gasteiger partial charge >= 0.3 is 0 Å². The number of ether oxygens (including phenoxy) is 3. The lowest BCUT2D eigenvalue weighted by molar-refractivity contribution is -0.127. The summed E-state index contributed by atoms with van der Waals surface area (Å²) in [5, 5.41) is 2.87. The fourth-order valence-electron chi connectivity index (χ4n) is 1.52. The molecule has 0 spiro atoms. The van der Waals surface area contributed by atoms with Crippen LogP contribution in [0.4, 0.5) is 0 Å². The van der Waals surface area contributed by atoms with E-state index in [-0.39, 0.29) is 30.1 Å². The molecule has 0 saturated carbocycles. The molecule has 0 saturated heterocycles. The normalized spacial score (nSPS) is 11.2. The van der Waals surface area contributed by atoms with Crippen molar-refractivity contribution in [3.63, 3.8) is 0 Å². The second-order valence-electron chi connectivity index (χ2n) is 6.05. The molecule has 1 amide bonds. The van der Waals surface area contributed by atoms with Crippen molar-refractivity contribution in [3.8, 4) is 0 Å². The summed E-state index contributed by atoms with van der Waals surface area (Å²) in [5.41, 5.74) is 0. The number of amides is 1. The van der Waals surface area contributed by atoms with Gasteiger partial charge in [0, 0.05) is 25.0 Å². The maximum atomic E-state index is 11.3. The average Bonchev–Trinajstić information content (AvgIpc) is 2.50. The maximum absolute atomic E-state index is 11.3. The van der Waals surface area contributed by atoms with Crippen LogP contribution in [0, 0.1) is 11.8 Å². The van der Waals surface area contributed by atoms with Crippen molar-refractivity contribution in [2.24, 2.45) is 11.8 Å². The fourth-order valence-corrected chi connectivity index (χ4v) is 1.52. The van der Waals surface area contributed by atoms with Gasteiger partial charge in [0.1, 0.15) is 6.61 Å². The van der Waals surface area contributed by atoms with E-state index in [0.717, 1.165) is 12.8 Å². The summed E-state index contributed by atoms with van der Waals surface area (Å²) in [5.74, 6) is 0.258. The molecule has 0 unspecified atom stereocenters. The molecular formula is C17H33NO5. The zero-order chi connectivity index (χ0) is 17.5. The minimum Gasteiger partial charge on any atom is -0.379 e.